The first-order valence-corrected chi connectivity index (χ1v) is 5.28. The fraction of sp³-hybridized carbons (Fsp3) is 1.00. The van der Waals surface area contributed by atoms with E-state index in [0.29, 0.717) is 6.54 Å². The summed E-state index contributed by atoms with van der Waals surface area (Å²) in [7, 11) is 0. The Morgan fingerprint density at radius 2 is 1.86 bits per heavy atom. The van der Waals surface area contributed by atoms with Crippen molar-refractivity contribution >= 4 is 0 Å². The highest BCUT2D eigenvalue weighted by Crippen LogP contribution is 2.35. The second kappa shape index (κ2) is 5.61. The molecule has 2 nitrogen and oxygen atoms in total. The standard InChI is InChI=1S/C10H19F2NO/c11-9(12)6-13-7-10(8-14)4-2-1-3-5-10/h9,13-14H,1-8H2. The van der Waals surface area contributed by atoms with Crippen LogP contribution in [0.2, 0.25) is 0 Å². The molecule has 0 spiro atoms. The molecule has 0 bridgehead atoms. The van der Waals surface area contributed by atoms with Gasteiger partial charge in [-0.25, -0.2) is 8.78 Å². The van der Waals surface area contributed by atoms with E-state index in [0.717, 1.165) is 25.7 Å². The number of rotatable bonds is 5. The average Bonchev–Trinajstić information content (AvgIpc) is 2.19. The van der Waals surface area contributed by atoms with E-state index in [1.54, 1.807) is 0 Å². The fourth-order valence-electron chi connectivity index (χ4n) is 2.14. The number of hydrogen-bond acceptors (Lipinski definition) is 2. The lowest BCUT2D eigenvalue weighted by Gasteiger charge is -2.35. The Bertz CT molecular complexity index is 158. The minimum Gasteiger partial charge on any atom is -0.396 e. The van der Waals surface area contributed by atoms with Crippen molar-refractivity contribution < 1.29 is 13.9 Å². The zero-order valence-electron chi connectivity index (χ0n) is 8.44. The van der Waals surface area contributed by atoms with E-state index >= 15 is 0 Å². The van der Waals surface area contributed by atoms with Gasteiger partial charge in [-0.15, -0.1) is 0 Å². The Labute approximate surface area is 83.7 Å². The van der Waals surface area contributed by atoms with E-state index in [1.165, 1.54) is 6.42 Å². The molecule has 4 heteroatoms. The Morgan fingerprint density at radius 3 is 2.36 bits per heavy atom. The van der Waals surface area contributed by atoms with E-state index in [4.69, 9.17) is 0 Å². The smallest absolute Gasteiger partial charge is 0.250 e. The number of nitrogens with one attached hydrogen (secondary N) is 1. The molecule has 1 aliphatic carbocycles. The fourth-order valence-corrected chi connectivity index (χ4v) is 2.14. The van der Waals surface area contributed by atoms with Gasteiger partial charge in [-0.1, -0.05) is 19.3 Å². The number of alkyl halides is 2. The van der Waals surface area contributed by atoms with Gasteiger partial charge in [0.15, 0.2) is 0 Å². The Kier molecular flexibility index (Phi) is 4.75. The number of aliphatic hydroxyl groups excluding tert-OH is 1. The van der Waals surface area contributed by atoms with Crippen molar-refractivity contribution in [3.8, 4) is 0 Å². The second-order valence-corrected chi connectivity index (χ2v) is 4.24. The molecular weight excluding hydrogens is 188 g/mol. The van der Waals surface area contributed by atoms with Crippen LogP contribution < -0.4 is 5.32 Å². The molecule has 0 aromatic carbocycles. The summed E-state index contributed by atoms with van der Waals surface area (Å²) in [5, 5.41) is 12.0. The highest BCUT2D eigenvalue weighted by Gasteiger charge is 2.30. The van der Waals surface area contributed by atoms with Crippen molar-refractivity contribution in [1.82, 2.24) is 5.32 Å². The summed E-state index contributed by atoms with van der Waals surface area (Å²) >= 11 is 0. The highest BCUT2D eigenvalue weighted by atomic mass is 19.3. The molecule has 0 radical (unpaired) electrons. The van der Waals surface area contributed by atoms with Gasteiger partial charge in [-0.3, -0.25) is 0 Å². The van der Waals surface area contributed by atoms with Crippen molar-refractivity contribution in [3.05, 3.63) is 0 Å². The van der Waals surface area contributed by atoms with Crippen LogP contribution in [0.3, 0.4) is 0 Å². The van der Waals surface area contributed by atoms with Gasteiger partial charge in [0.2, 0.25) is 0 Å². The highest BCUT2D eigenvalue weighted by molar-refractivity contribution is 4.84. The Hall–Kier alpha value is -0.220. The Balaban J connectivity index is 2.29. The van der Waals surface area contributed by atoms with Crippen LogP contribution in [0.1, 0.15) is 32.1 Å². The largest absolute Gasteiger partial charge is 0.396 e. The van der Waals surface area contributed by atoms with Gasteiger partial charge >= 0.3 is 0 Å². The van der Waals surface area contributed by atoms with Gasteiger partial charge in [-0.2, -0.15) is 0 Å². The molecule has 0 aromatic heterocycles. The predicted molar refractivity (Wildman–Crippen MR) is 51.5 cm³/mol. The van der Waals surface area contributed by atoms with Crippen molar-refractivity contribution in [3.63, 3.8) is 0 Å². The molecule has 0 aromatic rings. The molecule has 0 aliphatic heterocycles. The molecule has 0 unspecified atom stereocenters. The molecule has 0 heterocycles. The lowest BCUT2D eigenvalue weighted by atomic mass is 9.74. The molecule has 1 aliphatic rings. The molecule has 84 valence electrons. The van der Waals surface area contributed by atoms with Crippen LogP contribution in [0.4, 0.5) is 8.78 Å². The third-order valence-electron chi connectivity index (χ3n) is 3.05. The molecule has 0 atom stereocenters. The van der Waals surface area contributed by atoms with Crippen LogP contribution in [0, 0.1) is 5.41 Å². The number of hydrogen-bond donors (Lipinski definition) is 2. The summed E-state index contributed by atoms with van der Waals surface area (Å²) in [4.78, 5) is 0. The molecule has 0 saturated heterocycles. The second-order valence-electron chi connectivity index (χ2n) is 4.24. The molecule has 0 amide bonds. The summed E-state index contributed by atoms with van der Waals surface area (Å²) in [6.07, 6.45) is 3.04. The quantitative estimate of drug-likeness (QED) is 0.720. The predicted octanol–water partition coefficient (Wildman–Crippen LogP) is 1.78. The van der Waals surface area contributed by atoms with Crippen LogP contribution in [0.25, 0.3) is 0 Å². The summed E-state index contributed by atoms with van der Waals surface area (Å²) in [5.41, 5.74) is -0.132. The minimum atomic E-state index is -2.30. The molecule has 1 rings (SSSR count). The van der Waals surface area contributed by atoms with E-state index in [1.807, 2.05) is 0 Å². The number of halogens is 2. The third kappa shape index (κ3) is 3.50. The molecule has 2 N–H and O–H groups in total. The van der Waals surface area contributed by atoms with E-state index in [-0.39, 0.29) is 18.6 Å². The van der Waals surface area contributed by atoms with Gasteiger partial charge in [0.1, 0.15) is 0 Å². The lowest BCUT2D eigenvalue weighted by Crippen LogP contribution is -2.40. The van der Waals surface area contributed by atoms with Crippen molar-refractivity contribution in [2.24, 2.45) is 5.41 Å². The maximum Gasteiger partial charge on any atom is 0.250 e. The van der Waals surface area contributed by atoms with Gasteiger partial charge < -0.3 is 10.4 Å². The van der Waals surface area contributed by atoms with Crippen LogP contribution in [0.5, 0.6) is 0 Å². The van der Waals surface area contributed by atoms with E-state index in [2.05, 4.69) is 5.32 Å². The van der Waals surface area contributed by atoms with Crippen LogP contribution in [0.15, 0.2) is 0 Å². The van der Waals surface area contributed by atoms with Gasteiger partial charge in [0.25, 0.3) is 6.43 Å². The topological polar surface area (TPSA) is 32.3 Å². The molecule has 14 heavy (non-hydrogen) atoms. The van der Waals surface area contributed by atoms with Crippen LogP contribution >= 0.6 is 0 Å². The Morgan fingerprint density at radius 1 is 1.21 bits per heavy atom. The average molecular weight is 207 g/mol. The monoisotopic (exact) mass is 207 g/mol. The number of aliphatic hydroxyl groups is 1. The molecule has 1 saturated carbocycles. The van der Waals surface area contributed by atoms with E-state index < -0.39 is 6.43 Å². The first-order valence-electron chi connectivity index (χ1n) is 5.28. The van der Waals surface area contributed by atoms with Gasteiger partial charge in [0, 0.05) is 18.6 Å². The first kappa shape index (κ1) is 11.9. The van der Waals surface area contributed by atoms with Crippen molar-refractivity contribution in [1.29, 1.82) is 0 Å². The maximum absolute atomic E-state index is 11.9. The van der Waals surface area contributed by atoms with E-state index in [9.17, 15) is 13.9 Å². The van der Waals surface area contributed by atoms with Crippen molar-refractivity contribution in [2.75, 3.05) is 19.7 Å². The zero-order chi connectivity index (χ0) is 10.4. The van der Waals surface area contributed by atoms with Crippen molar-refractivity contribution in [2.45, 2.75) is 38.5 Å². The van der Waals surface area contributed by atoms with Gasteiger partial charge in [-0.05, 0) is 12.8 Å². The minimum absolute atomic E-state index is 0.114. The zero-order valence-corrected chi connectivity index (χ0v) is 8.44. The molecular formula is C10H19F2NO. The SMILES string of the molecule is OCC1(CNCC(F)F)CCCCC1. The first-order chi connectivity index (χ1) is 6.68. The lowest BCUT2D eigenvalue weighted by molar-refractivity contribution is 0.0725. The van der Waals surface area contributed by atoms with Crippen LogP contribution in [-0.4, -0.2) is 31.2 Å². The summed E-state index contributed by atoms with van der Waals surface area (Å²) in [6.45, 7) is 0.374. The molecule has 1 fully saturated rings. The summed E-state index contributed by atoms with van der Waals surface area (Å²) in [5.74, 6) is 0. The normalized spacial score (nSPS) is 21.4. The van der Waals surface area contributed by atoms with Crippen LogP contribution in [-0.2, 0) is 0 Å². The summed E-state index contributed by atoms with van der Waals surface area (Å²) in [6, 6.07) is 0. The van der Waals surface area contributed by atoms with Gasteiger partial charge in [0.05, 0.1) is 6.54 Å². The summed E-state index contributed by atoms with van der Waals surface area (Å²) < 4.78 is 23.8. The third-order valence-corrected chi connectivity index (χ3v) is 3.05. The maximum atomic E-state index is 11.9.